The number of carboxylic acids is 1. The summed E-state index contributed by atoms with van der Waals surface area (Å²) in [6, 6.07) is 5.34. The highest BCUT2D eigenvalue weighted by Crippen LogP contribution is 2.22. The van der Waals surface area contributed by atoms with Crippen molar-refractivity contribution in [1.29, 1.82) is 0 Å². The fourth-order valence-corrected chi connectivity index (χ4v) is 4.15. The number of carbonyl (C=O) groups excluding carboxylic acids is 1. The average molecular weight is 552 g/mol. The van der Waals surface area contributed by atoms with Crippen LogP contribution in [0, 0.1) is 5.82 Å². The molecule has 2 saturated heterocycles. The van der Waals surface area contributed by atoms with Gasteiger partial charge in [-0.3, -0.25) is 9.69 Å². The average Bonchev–Trinajstić information content (AvgIpc) is 3.62. The second kappa shape index (κ2) is 16.8. The van der Waals surface area contributed by atoms with E-state index >= 15 is 0 Å². The number of aliphatic hydroxyl groups is 1. The smallest absolute Gasteiger partial charge is 0.329 e. The minimum absolute atomic E-state index is 0.0398. The number of aldehydes is 1. The van der Waals surface area contributed by atoms with Crippen LogP contribution in [-0.4, -0.2) is 108 Å². The molecule has 0 atom stereocenters. The summed E-state index contributed by atoms with van der Waals surface area (Å²) in [6.45, 7) is 8.88. The van der Waals surface area contributed by atoms with Crippen LogP contribution in [-0.2, 0) is 4.79 Å². The maximum atomic E-state index is 13.6. The molecule has 12 heteroatoms. The van der Waals surface area contributed by atoms with Crippen molar-refractivity contribution in [2.45, 2.75) is 51.5 Å². The number of piperidine rings is 1. The second-order valence-corrected chi connectivity index (χ2v) is 10.0. The molecule has 1 aromatic heterocycles. The molecule has 11 nitrogen and oxygen atoms in total. The Morgan fingerprint density at radius 1 is 1.26 bits per heavy atom. The minimum atomic E-state index is -1.19. The van der Waals surface area contributed by atoms with Gasteiger partial charge < -0.3 is 29.3 Å². The number of hydrogen-bond acceptors (Lipinski definition) is 10. The standard InChI is InChI=1S/C20H27FN4O3.C5H11N.C2H4O3/c1-14(2)19-22-20(28-23-19)25-8-6-16(7-9-25)24(3)10-11-27-17-5-4-15(13-26)18(21)12-17;1-6-4-2-3-5-6;3-1-2(4)5/h4-5,12-14,16H,6-11H2,1-3H3;2-5H2,1H3;3H,1H2,(H,4,5). The van der Waals surface area contributed by atoms with Gasteiger partial charge in [0, 0.05) is 37.7 Å². The van der Waals surface area contributed by atoms with Crippen molar-refractivity contribution >= 4 is 18.3 Å². The van der Waals surface area contributed by atoms with Gasteiger partial charge in [-0.1, -0.05) is 19.0 Å². The molecule has 0 saturated carbocycles. The van der Waals surface area contributed by atoms with Gasteiger partial charge in [0.05, 0.1) is 5.56 Å². The number of aliphatic carboxylic acids is 1. The number of benzene rings is 1. The number of aliphatic hydroxyl groups excluding tert-OH is 1. The van der Waals surface area contributed by atoms with E-state index in [9.17, 15) is 9.18 Å². The van der Waals surface area contributed by atoms with E-state index in [0.717, 1.165) is 38.3 Å². The van der Waals surface area contributed by atoms with Gasteiger partial charge in [-0.25, -0.2) is 9.18 Å². The van der Waals surface area contributed by atoms with Gasteiger partial charge in [-0.05, 0) is 65.0 Å². The van der Waals surface area contributed by atoms with E-state index in [1.165, 1.54) is 38.1 Å². The summed E-state index contributed by atoms with van der Waals surface area (Å²) in [5.41, 5.74) is 0.0398. The number of carbonyl (C=O) groups is 2. The van der Waals surface area contributed by atoms with Crippen LogP contribution in [0.3, 0.4) is 0 Å². The Kier molecular flexibility index (Phi) is 13.8. The van der Waals surface area contributed by atoms with Gasteiger partial charge in [0.15, 0.2) is 12.1 Å². The lowest BCUT2D eigenvalue weighted by Gasteiger charge is -2.35. The summed E-state index contributed by atoms with van der Waals surface area (Å²) >= 11 is 0. The van der Waals surface area contributed by atoms with Gasteiger partial charge >= 0.3 is 12.0 Å². The Labute approximate surface area is 229 Å². The highest BCUT2D eigenvalue weighted by atomic mass is 19.1. The van der Waals surface area contributed by atoms with Crippen molar-refractivity contribution in [2.75, 3.05) is 64.9 Å². The fourth-order valence-electron chi connectivity index (χ4n) is 4.15. The van der Waals surface area contributed by atoms with Crippen molar-refractivity contribution in [2.24, 2.45) is 0 Å². The number of nitrogens with zero attached hydrogens (tertiary/aromatic N) is 5. The molecular formula is C27H42FN5O6. The molecule has 2 N–H and O–H groups in total. The maximum Gasteiger partial charge on any atom is 0.329 e. The second-order valence-electron chi connectivity index (χ2n) is 10.0. The molecule has 4 rings (SSSR count). The van der Waals surface area contributed by atoms with Gasteiger partial charge in [0.1, 0.15) is 24.8 Å². The van der Waals surface area contributed by atoms with Crippen LogP contribution in [0.5, 0.6) is 5.75 Å². The van der Waals surface area contributed by atoms with Gasteiger partial charge in [-0.2, -0.15) is 4.98 Å². The third-order valence-corrected chi connectivity index (χ3v) is 6.58. The molecule has 2 aliphatic heterocycles. The van der Waals surface area contributed by atoms with E-state index in [1.807, 2.05) is 13.8 Å². The Morgan fingerprint density at radius 3 is 2.36 bits per heavy atom. The van der Waals surface area contributed by atoms with Crippen molar-refractivity contribution in [3.8, 4) is 5.75 Å². The van der Waals surface area contributed by atoms with Crippen LogP contribution in [0.15, 0.2) is 22.7 Å². The van der Waals surface area contributed by atoms with E-state index in [-0.39, 0.29) is 11.5 Å². The van der Waals surface area contributed by atoms with E-state index in [4.69, 9.17) is 24.3 Å². The van der Waals surface area contributed by atoms with Crippen LogP contribution in [0.2, 0.25) is 0 Å². The molecule has 39 heavy (non-hydrogen) atoms. The summed E-state index contributed by atoms with van der Waals surface area (Å²) < 4.78 is 24.6. The summed E-state index contributed by atoms with van der Waals surface area (Å²) in [6.07, 6.45) is 5.32. The quantitative estimate of drug-likeness (QED) is 0.446. The van der Waals surface area contributed by atoms with Gasteiger partial charge in [-0.15, -0.1) is 0 Å². The zero-order valence-electron chi connectivity index (χ0n) is 23.4. The summed E-state index contributed by atoms with van der Waals surface area (Å²) in [5, 5.41) is 19.0. The molecule has 3 heterocycles. The highest BCUT2D eigenvalue weighted by Gasteiger charge is 2.25. The van der Waals surface area contributed by atoms with Crippen molar-refractivity contribution in [3.05, 3.63) is 35.4 Å². The number of ether oxygens (including phenoxy) is 1. The number of hydrogen-bond donors (Lipinski definition) is 2. The Bertz CT molecular complexity index is 1010. The first kappa shape index (κ1) is 32.1. The fraction of sp³-hybridized carbons (Fsp3) is 0.630. The summed E-state index contributed by atoms with van der Waals surface area (Å²) in [5.74, 6) is -0.322. The molecule has 0 aliphatic carbocycles. The van der Waals surface area contributed by atoms with Crippen molar-refractivity contribution in [1.82, 2.24) is 19.9 Å². The highest BCUT2D eigenvalue weighted by molar-refractivity contribution is 5.75. The maximum absolute atomic E-state index is 13.6. The van der Waals surface area contributed by atoms with Crippen LogP contribution >= 0.6 is 0 Å². The normalized spacial score (nSPS) is 15.9. The molecule has 1 aromatic carbocycles. The molecule has 2 aromatic rings. The van der Waals surface area contributed by atoms with E-state index in [1.54, 1.807) is 6.07 Å². The third kappa shape index (κ3) is 11.3. The number of rotatable bonds is 9. The molecule has 0 amide bonds. The number of likely N-dealkylation sites (tertiary alicyclic amines) is 1. The number of halogens is 1. The molecule has 218 valence electrons. The topological polar surface area (TPSA) is 132 Å². The SMILES string of the molecule is CC(C)c1noc(N2CCC(N(C)CCOc3ccc(C=O)c(F)c3)CC2)n1.CN1CCCC1.O=C(O)CO. The first-order chi connectivity index (χ1) is 18.6. The zero-order valence-corrected chi connectivity index (χ0v) is 23.4. The first-order valence-corrected chi connectivity index (χ1v) is 13.3. The first-order valence-electron chi connectivity index (χ1n) is 13.3. The van der Waals surface area contributed by atoms with Crippen LogP contribution in [0.1, 0.15) is 61.6 Å². The van der Waals surface area contributed by atoms with E-state index in [0.29, 0.717) is 30.7 Å². The Hall–Kier alpha value is -3.09. The monoisotopic (exact) mass is 551 g/mol. The number of aromatic nitrogens is 2. The molecule has 2 aliphatic rings. The summed E-state index contributed by atoms with van der Waals surface area (Å²) in [4.78, 5) is 31.0. The van der Waals surface area contributed by atoms with E-state index < -0.39 is 18.4 Å². The number of anilines is 1. The molecule has 0 spiro atoms. The van der Waals surface area contributed by atoms with Crippen LogP contribution in [0.25, 0.3) is 0 Å². The summed E-state index contributed by atoms with van der Waals surface area (Å²) in [7, 11) is 4.25. The molecule has 2 fully saturated rings. The number of carboxylic acid groups (broad SMARTS) is 1. The molecule has 0 bridgehead atoms. The molecule has 0 unspecified atom stereocenters. The predicted octanol–water partition coefficient (Wildman–Crippen LogP) is 2.90. The lowest BCUT2D eigenvalue weighted by atomic mass is 10.0. The Morgan fingerprint density at radius 2 is 1.90 bits per heavy atom. The molecular weight excluding hydrogens is 509 g/mol. The van der Waals surface area contributed by atoms with E-state index in [2.05, 4.69) is 38.9 Å². The Balaban J connectivity index is 0.000000404. The number of likely N-dealkylation sites (N-methyl/N-ethyl adjacent to an activating group) is 1. The van der Waals surface area contributed by atoms with Gasteiger partial charge in [0.25, 0.3) is 0 Å². The lowest BCUT2D eigenvalue weighted by Crippen LogP contribution is -2.44. The van der Waals surface area contributed by atoms with Crippen LogP contribution in [0.4, 0.5) is 10.4 Å². The third-order valence-electron chi connectivity index (χ3n) is 6.58. The van der Waals surface area contributed by atoms with Crippen LogP contribution < -0.4 is 9.64 Å². The van der Waals surface area contributed by atoms with Crippen molar-refractivity contribution < 1.29 is 33.5 Å². The predicted molar refractivity (Wildman–Crippen MR) is 145 cm³/mol. The zero-order chi connectivity index (χ0) is 28.8. The largest absolute Gasteiger partial charge is 0.492 e. The molecule has 0 radical (unpaired) electrons. The minimum Gasteiger partial charge on any atom is -0.492 e. The van der Waals surface area contributed by atoms with Gasteiger partial charge in [0.2, 0.25) is 0 Å². The lowest BCUT2D eigenvalue weighted by molar-refractivity contribution is -0.140. The van der Waals surface area contributed by atoms with Crippen molar-refractivity contribution in [3.63, 3.8) is 0 Å².